The average molecular weight is 278 g/mol. The Kier molecular flexibility index (Phi) is 5.41. The molecule has 0 saturated heterocycles. The van der Waals surface area contributed by atoms with Crippen LogP contribution in [0.25, 0.3) is 0 Å². The van der Waals surface area contributed by atoms with Crippen LogP contribution in [0, 0.1) is 11.7 Å². The highest BCUT2D eigenvalue weighted by Gasteiger charge is 2.26. The predicted octanol–water partition coefficient (Wildman–Crippen LogP) is 4.08. The molecule has 3 heteroatoms. The molecule has 0 radical (unpaired) electrons. The number of halogens is 1. The second-order valence-corrected chi connectivity index (χ2v) is 6.27. The third kappa shape index (κ3) is 3.51. The van der Waals surface area contributed by atoms with Crippen LogP contribution in [0.4, 0.5) is 10.1 Å². The molecular formula is C17H27FN2. The van der Waals surface area contributed by atoms with Crippen LogP contribution in [0.3, 0.4) is 0 Å². The highest BCUT2D eigenvalue weighted by Crippen LogP contribution is 2.33. The first-order valence-corrected chi connectivity index (χ1v) is 7.87. The quantitative estimate of drug-likeness (QED) is 0.849. The molecule has 0 amide bonds. The summed E-state index contributed by atoms with van der Waals surface area (Å²) in [6.45, 7) is 5.77. The third-order valence-electron chi connectivity index (χ3n) is 4.29. The van der Waals surface area contributed by atoms with Crippen molar-refractivity contribution in [2.75, 3.05) is 11.4 Å². The van der Waals surface area contributed by atoms with E-state index in [-0.39, 0.29) is 5.82 Å². The zero-order valence-electron chi connectivity index (χ0n) is 12.7. The topological polar surface area (TPSA) is 29.3 Å². The van der Waals surface area contributed by atoms with Gasteiger partial charge in [0.1, 0.15) is 5.82 Å². The highest BCUT2D eigenvalue weighted by molar-refractivity contribution is 5.56. The maximum absolute atomic E-state index is 14.4. The molecule has 0 heterocycles. The fraction of sp³-hybridized carbons (Fsp3) is 0.647. The van der Waals surface area contributed by atoms with Crippen LogP contribution in [-0.4, -0.2) is 12.6 Å². The van der Waals surface area contributed by atoms with Gasteiger partial charge in [0, 0.05) is 19.1 Å². The van der Waals surface area contributed by atoms with E-state index in [2.05, 4.69) is 18.7 Å². The Morgan fingerprint density at radius 2 is 2.00 bits per heavy atom. The Balaban J connectivity index is 2.29. The first-order chi connectivity index (χ1) is 9.63. The van der Waals surface area contributed by atoms with Crippen LogP contribution in [0.15, 0.2) is 18.2 Å². The molecule has 112 valence electrons. The number of nitrogens with two attached hydrogens (primary N) is 1. The van der Waals surface area contributed by atoms with Crippen LogP contribution >= 0.6 is 0 Å². The summed E-state index contributed by atoms with van der Waals surface area (Å²) in [5.74, 6) is 0.510. The molecule has 1 aromatic carbocycles. The number of hydrogen-bond acceptors (Lipinski definition) is 2. The van der Waals surface area contributed by atoms with Gasteiger partial charge in [0.25, 0.3) is 0 Å². The van der Waals surface area contributed by atoms with Gasteiger partial charge in [0.2, 0.25) is 0 Å². The van der Waals surface area contributed by atoms with Gasteiger partial charge in [-0.25, -0.2) is 4.39 Å². The molecule has 2 rings (SSSR count). The average Bonchev–Trinajstić information content (AvgIpc) is 2.94. The van der Waals surface area contributed by atoms with E-state index >= 15 is 0 Å². The Morgan fingerprint density at radius 1 is 1.30 bits per heavy atom. The molecule has 1 saturated carbocycles. The molecule has 1 aliphatic carbocycles. The van der Waals surface area contributed by atoms with E-state index in [1.807, 2.05) is 6.07 Å². The lowest BCUT2D eigenvalue weighted by Crippen LogP contribution is -2.36. The maximum Gasteiger partial charge on any atom is 0.146 e. The summed E-state index contributed by atoms with van der Waals surface area (Å²) >= 11 is 0. The van der Waals surface area contributed by atoms with E-state index in [1.165, 1.54) is 25.7 Å². The van der Waals surface area contributed by atoms with Gasteiger partial charge < -0.3 is 10.6 Å². The largest absolute Gasteiger partial charge is 0.366 e. The van der Waals surface area contributed by atoms with Gasteiger partial charge in [-0.15, -0.1) is 0 Å². The molecule has 0 aromatic heterocycles. The summed E-state index contributed by atoms with van der Waals surface area (Å²) in [4.78, 5) is 2.30. The van der Waals surface area contributed by atoms with Crippen molar-refractivity contribution in [3.05, 3.63) is 29.6 Å². The summed E-state index contributed by atoms with van der Waals surface area (Å²) in [5.41, 5.74) is 7.50. The lowest BCUT2D eigenvalue weighted by Gasteiger charge is -2.33. The molecular weight excluding hydrogens is 251 g/mol. The van der Waals surface area contributed by atoms with Crippen molar-refractivity contribution in [1.82, 2.24) is 0 Å². The fourth-order valence-corrected chi connectivity index (χ4v) is 3.14. The Labute approximate surface area is 122 Å². The number of hydrogen-bond donors (Lipinski definition) is 1. The van der Waals surface area contributed by atoms with Gasteiger partial charge in [0.15, 0.2) is 0 Å². The monoisotopic (exact) mass is 278 g/mol. The number of para-hydroxylation sites is 1. The van der Waals surface area contributed by atoms with E-state index in [0.29, 0.717) is 18.5 Å². The molecule has 1 fully saturated rings. The standard InChI is InChI=1S/C17H27FN2/c1-13(2)10-11-20(15-7-3-4-8-15)17-14(12-19)6-5-9-16(17)18/h5-6,9,13,15H,3-4,7-8,10-12,19H2,1-2H3. The van der Waals surface area contributed by atoms with Crippen LogP contribution in [0.1, 0.15) is 51.5 Å². The summed E-state index contributed by atoms with van der Waals surface area (Å²) in [6.07, 6.45) is 5.96. The Hall–Kier alpha value is -1.09. The first-order valence-electron chi connectivity index (χ1n) is 7.87. The first kappa shape index (κ1) is 15.3. The minimum absolute atomic E-state index is 0.122. The van der Waals surface area contributed by atoms with Crippen molar-refractivity contribution in [3.8, 4) is 0 Å². The summed E-state index contributed by atoms with van der Waals surface area (Å²) in [5, 5.41) is 0. The van der Waals surface area contributed by atoms with Crippen molar-refractivity contribution >= 4 is 5.69 Å². The van der Waals surface area contributed by atoms with Crippen LogP contribution in [0.2, 0.25) is 0 Å². The van der Waals surface area contributed by atoms with E-state index < -0.39 is 0 Å². The molecule has 1 aliphatic rings. The predicted molar refractivity (Wildman–Crippen MR) is 83.3 cm³/mol. The summed E-state index contributed by atoms with van der Waals surface area (Å²) < 4.78 is 14.4. The molecule has 0 aliphatic heterocycles. The molecule has 0 bridgehead atoms. The fourth-order valence-electron chi connectivity index (χ4n) is 3.14. The molecule has 0 spiro atoms. The van der Waals surface area contributed by atoms with Gasteiger partial charge in [-0.1, -0.05) is 38.8 Å². The minimum atomic E-state index is -0.122. The summed E-state index contributed by atoms with van der Waals surface area (Å²) in [7, 11) is 0. The van der Waals surface area contributed by atoms with Crippen molar-refractivity contribution < 1.29 is 4.39 Å². The maximum atomic E-state index is 14.4. The lowest BCUT2D eigenvalue weighted by atomic mass is 10.0. The van der Waals surface area contributed by atoms with Gasteiger partial charge in [-0.2, -0.15) is 0 Å². The summed E-state index contributed by atoms with van der Waals surface area (Å²) in [6, 6.07) is 5.76. The Morgan fingerprint density at radius 3 is 2.60 bits per heavy atom. The number of nitrogens with zero attached hydrogens (tertiary/aromatic N) is 1. The molecule has 1 aromatic rings. The Bertz CT molecular complexity index is 425. The number of benzene rings is 1. The SMILES string of the molecule is CC(C)CCN(c1c(F)cccc1CN)C1CCCC1. The van der Waals surface area contributed by atoms with E-state index in [0.717, 1.165) is 24.2 Å². The van der Waals surface area contributed by atoms with Crippen molar-refractivity contribution in [1.29, 1.82) is 0 Å². The lowest BCUT2D eigenvalue weighted by molar-refractivity contribution is 0.515. The van der Waals surface area contributed by atoms with E-state index in [9.17, 15) is 4.39 Å². The second-order valence-electron chi connectivity index (χ2n) is 6.27. The van der Waals surface area contributed by atoms with E-state index in [1.54, 1.807) is 12.1 Å². The zero-order valence-corrected chi connectivity index (χ0v) is 12.7. The number of anilines is 1. The number of rotatable bonds is 6. The molecule has 0 unspecified atom stereocenters. The smallest absolute Gasteiger partial charge is 0.146 e. The van der Waals surface area contributed by atoms with Crippen molar-refractivity contribution in [3.63, 3.8) is 0 Å². The molecule has 2 N–H and O–H groups in total. The van der Waals surface area contributed by atoms with Gasteiger partial charge in [0.05, 0.1) is 5.69 Å². The zero-order chi connectivity index (χ0) is 14.5. The van der Waals surface area contributed by atoms with E-state index in [4.69, 9.17) is 5.73 Å². The third-order valence-corrected chi connectivity index (χ3v) is 4.29. The molecule has 20 heavy (non-hydrogen) atoms. The van der Waals surface area contributed by atoms with Gasteiger partial charge >= 0.3 is 0 Å². The van der Waals surface area contributed by atoms with Crippen molar-refractivity contribution in [2.45, 2.75) is 58.5 Å². The van der Waals surface area contributed by atoms with Crippen molar-refractivity contribution in [2.24, 2.45) is 11.7 Å². The van der Waals surface area contributed by atoms with Gasteiger partial charge in [-0.3, -0.25) is 0 Å². The molecule has 0 atom stereocenters. The normalized spacial score (nSPS) is 16.1. The van der Waals surface area contributed by atoms with Crippen LogP contribution < -0.4 is 10.6 Å². The molecule has 2 nitrogen and oxygen atoms in total. The second kappa shape index (κ2) is 7.07. The highest BCUT2D eigenvalue weighted by atomic mass is 19.1. The minimum Gasteiger partial charge on any atom is -0.366 e. The van der Waals surface area contributed by atoms with Crippen LogP contribution in [0.5, 0.6) is 0 Å². The van der Waals surface area contributed by atoms with Crippen LogP contribution in [-0.2, 0) is 6.54 Å². The van der Waals surface area contributed by atoms with Gasteiger partial charge in [-0.05, 0) is 36.8 Å².